The van der Waals surface area contributed by atoms with Crippen LogP contribution >= 0.6 is 23.2 Å². The number of carbonyl (C=O) groups is 1. The SMILES string of the molecule is NC(=O)c1cc(-c2ccnc3[nH]ccc23)[nH]c1-c1cccc(Cl)c1Cl. The van der Waals surface area contributed by atoms with E-state index in [2.05, 4.69) is 15.0 Å². The van der Waals surface area contributed by atoms with Crippen LogP contribution in [0.25, 0.3) is 33.5 Å². The molecule has 0 unspecified atom stereocenters. The van der Waals surface area contributed by atoms with Crippen LogP contribution in [-0.4, -0.2) is 20.9 Å². The normalized spacial score (nSPS) is 11.1. The number of halogens is 2. The summed E-state index contributed by atoms with van der Waals surface area (Å²) in [4.78, 5) is 22.6. The van der Waals surface area contributed by atoms with Crippen LogP contribution in [0.2, 0.25) is 10.0 Å². The number of nitrogens with zero attached hydrogens (tertiary/aromatic N) is 1. The lowest BCUT2D eigenvalue weighted by Gasteiger charge is -2.06. The summed E-state index contributed by atoms with van der Waals surface area (Å²) in [7, 11) is 0. The Labute approximate surface area is 152 Å². The molecule has 0 saturated carbocycles. The number of aromatic nitrogens is 3. The van der Waals surface area contributed by atoms with Crippen molar-refractivity contribution in [2.24, 2.45) is 5.73 Å². The number of fused-ring (bicyclic) bond motifs is 1. The number of H-pyrrole nitrogens is 2. The van der Waals surface area contributed by atoms with Crippen molar-refractivity contribution in [3.8, 4) is 22.5 Å². The van der Waals surface area contributed by atoms with Gasteiger partial charge in [-0.1, -0.05) is 35.3 Å². The molecule has 3 heterocycles. The Hall–Kier alpha value is -2.76. The van der Waals surface area contributed by atoms with Gasteiger partial charge in [0.15, 0.2) is 0 Å². The van der Waals surface area contributed by atoms with Crippen LogP contribution in [0.1, 0.15) is 10.4 Å². The van der Waals surface area contributed by atoms with Crippen molar-refractivity contribution in [2.45, 2.75) is 0 Å². The number of rotatable bonds is 3. The molecule has 0 aliphatic carbocycles. The molecule has 1 aromatic carbocycles. The Morgan fingerprint density at radius 2 is 1.96 bits per heavy atom. The summed E-state index contributed by atoms with van der Waals surface area (Å²) in [6.07, 6.45) is 3.51. The maximum Gasteiger partial charge on any atom is 0.250 e. The van der Waals surface area contributed by atoms with Gasteiger partial charge < -0.3 is 15.7 Å². The molecule has 0 aliphatic heterocycles. The molecule has 5 nitrogen and oxygen atoms in total. The minimum atomic E-state index is -0.548. The standard InChI is InChI=1S/C18H12Cl2N4O/c19-13-3-1-2-11(15(13)20)16-12(17(21)25)8-14(24-16)9-4-6-22-18-10(9)5-7-23-18/h1-8,24H,(H2,21,25)(H,22,23). The minimum absolute atomic E-state index is 0.347. The molecule has 4 N–H and O–H groups in total. The third-order valence-corrected chi connectivity index (χ3v) is 4.87. The summed E-state index contributed by atoms with van der Waals surface area (Å²) in [5.41, 5.74) is 9.48. The van der Waals surface area contributed by atoms with Gasteiger partial charge in [-0.25, -0.2) is 4.98 Å². The number of hydrogen-bond donors (Lipinski definition) is 3. The largest absolute Gasteiger partial charge is 0.366 e. The molecule has 0 atom stereocenters. The molecule has 0 aliphatic rings. The van der Waals surface area contributed by atoms with E-state index in [4.69, 9.17) is 28.9 Å². The predicted molar refractivity (Wildman–Crippen MR) is 99.9 cm³/mol. The number of aromatic amines is 2. The van der Waals surface area contributed by atoms with E-state index in [1.807, 2.05) is 18.3 Å². The molecule has 25 heavy (non-hydrogen) atoms. The van der Waals surface area contributed by atoms with E-state index in [1.54, 1.807) is 30.5 Å². The summed E-state index contributed by atoms with van der Waals surface area (Å²) < 4.78 is 0. The molecule has 0 saturated heterocycles. The van der Waals surface area contributed by atoms with Crippen molar-refractivity contribution in [3.05, 3.63) is 64.4 Å². The molecule has 0 bridgehead atoms. The Balaban J connectivity index is 1.97. The van der Waals surface area contributed by atoms with Gasteiger partial charge in [0.05, 0.1) is 21.3 Å². The Kier molecular flexibility index (Phi) is 3.75. The van der Waals surface area contributed by atoms with Gasteiger partial charge in [-0.2, -0.15) is 0 Å². The second-order valence-electron chi connectivity index (χ2n) is 5.54. The van der Waals surface area contributed by atoms with Crippen molar-refractivity contribution in [1.29, 1.82) is 0 Å². The highest BCUT2D eigenvalue weighted by Gasteiger charge is 2.19. The van der Waals surface area contributed by atoms with E-state index >= 15 is 0 Å². The van der Waals surface area contributed by atoms with Gasteiger partial charge in [0.25, 0.3) is 5.91 Å². The van der Waals surface area contributed by atoms with Crippen LogP contribution in [0.4, 0.5) is 0 Å². The molecule has 7 heteroatoms. The Bertz CT molecular complexity index is 1110. The zero-order chi connectivity index (χ0) is 17.6. The second kappa shape index (κ2) is 5.95. The van der Waals surface area contributed by atoms with Gasteiger partial charge >= 0.3 is 0 Å². The molecule has 124 valence electrons. The van der Waals surface area contributed by atoms with Crippen LogP contribution < -0.4 is 5.73 Å². The number of amides is 1. The maximum absolute atomic E-state index is 12.0. The first kappa shape index (κ1) is 15.7. The Morgan fingerprint density at radius 3 is 2.76 bits per heavy atom. The summed E-state index contributed by atoms with van der Waals surface area (Å²) in [6, 6.07) is 10.8. The van der Waals surface area contributed by atoms with Gasteiger partial charge in [0.2, 0.25) is 0 Å². The predicted octanol–water partition coefficient (Wildman–Crippen LogP) is 4.63. The second-order valence-corrected chi connectivity index (χ2v) is 6.32. The molecule has 0 spiro atoms. The lowest BCUT2D eigenvalue weighted by atomic mass is 10.1. The molecule has 4 aromatic rings. The average Bonchev–Trinajstić information content (AvgIpc) is 3.23. The molecule has 3 aromatic heterocycles. The van der Waals surface area contributed by atoms with Crippen LogP contribution in [0.3, 0.4) is 0 Å². The zero-order valence-electron chi connectivity index (χ0n) is 12.8. The summed E-state index contributed by atoms with van der Waals surface area (Å²) >= 11 is 12.4. The summed E-state index contributed by atoms with van der Waals surface area (Å²) in [5.74, 6) is -0.548. The molecular weight excluding hydrogens is 359 g/mol. The number of nitrogens with one attached hydrogen (secondary N) is 2. The van der Waals surface area contributed by atoms with Crippen molar-refractivity contribution in [2.75, 3.05) is 0 Å². The average molecular weight is 371 g/mol. The van der Waals surface area contributed by atoms with Crippen molar-refractivity contribution < 1.29 is 4.79 Å². The highest BCUT2D eigenvalue weighted by Crippen LogP contribution is 2.37. The van der Waals surface area contributed by atoms with E-state index in [9.17, 15) is 4.79 Å². The van der Waals surface area contributed by atoms with Gasteiger partial charge in [-0.3, -0.25) is 4.79 Å². The lowest BCUT2D eigenvalue weighted by Crippen LogP contribution is -2.11. The number of nitrogens with two attached hydrogens (primary N) is 1. The highest BCUT2D eigenvalue weighted by molar-refractivity contribution is 6.43. The summed E-state index contributed by atoms with van der Waals surface area (Å²) in [6.45, 7) is 0. The van der Waals surface area contributed by atoms with Gasteiger partial charge in [-0.05, 0) is 24.3 Å². The quantitative estimate of drug-likeness (QED) is 0.490. The lowest BCUT2D eigenvalue weighted by molar-refractivity contribution is 0.100. The third-order valence-electron chi connectivity index (χ3n) is 4.05. The van der Waals surface area contributed by atoms with Crippen LogP contribution in [0, 0.1) is 0 Å². The number of benzene rings is 1. The number of primary amides is 1. The van der Waals surface area contributed by atoms with E-state index in [-0.39, 0.29) is 0 Å². The smallest absolute Gasteiger partial charge is 0.250 e. The van der Waals surface area contributed by atoms with Gasteiger partial charge in [-0.15, -0.1) is 0 Å². The van der Waals surface area contributed by atoms with Gasteiger partial charge in [0, 0.05) is 34.6 Å². The monoisotopic (exact) mass is 370 g/mol. The summed E-state index contributed by atoms with van der Waals surface area (Å²) in [5, 5.41) is 1.70. The zero-order valence-corrected chi connectivity index (χ0v) is 14.3. The van der Waals surface area contributed by atoms with E-state index < -0.39 is 5.91 Å². The van der Waals surface area contributed by atoms with Crippen LogP contribution in [0.5, 0.6) is 0 Å². The minimum Gasteiger partial charge on any atom is -0.366 e. The van der Waals surface area contributed by atoms with E-state index in [0.717, 1.165) is 22.3 Å². The highest BCUT2D eigenvalue weighted by atomic mass is 35.5. The van der Waals surface area contributed by atoms with E-state index in [0.29, 0.717) is 26.9 Å². The van der Waals surface area contributed by atoms with Crippen molar-refractivity contribution in [3.63, 3.8) is 0 Å². The molecule has 0 radical (unpaired) electrons. The first-order chi connectivity index (χ1) is 12.1. The fraction of sp³-hybridized carbons (Fsp3) is 0. The number of pyridine rings is 1. The molecule has 4 rings (SSSR count). The molecule has 1 amide bonds. The maximum atomic E-state index is 12.0. The fourth-order valence-corrected chi connectivity index (χ4v) is 3.29. The van der Waals surface area contributed by atoms with Gasteiger partial charge in [0.1, 0.15) is 5.65 Å². The first-order valence-electron chi connectivity index (χ1n) is 7.46. The van der Waals surface area contributed by atoms with Crippen molar-refractivity contribution in [1.82, 2.24) is 15.0 Å². The molecule has 0 fully saturated rings. The first-order valence-corrected chi connectivity index (χ1v) is 8.21. The molecular formula is C18H12Cl2N4O. The fourth-order valence-electron chi connectivity index (χ4n) is 2.90. The van der Waals surface area contributed by atoms with E-state index in [1.165, 1.54) is 0 Å². The van der Waals surface area contributed by atoms with Crippen LogP contribution in [0.15, 0.2) is 48.8 Å². The van der Waals surface area contributed by atoms with Crippen molar-refractivity contribution >= 4 is 40.1 Å². The van der Waals surface area contributed by atoms with Crippen LogP contribution in [-0.2, 0) is 0 Å². The topological polar surface area (TPSA) is 87.6 Å². The number of carbonyl (C=O) groups excluding carboxylic acids is 1. The number of hydrogen-bond acceptors (Lipinski definition) is 2. The third kappa shape index (κ3) is 2.58. The Morgan fingerprint density at radius 1 is 1.12 bits per heavy atom.